The van der Waals surface area contributed by atoms with Gasteiger partial charge in [0.25, 0.3) is 5.91 Å². The van der Waals surface area contributed by atoms with Gasteiger partial charge in [-0.25, -0.2) is 4.79 Å². The van der Waals surface area contributed by atoms with Gasteiger partial charge in [-0.1, -0.05) is 65.3 Å². The summed E-state index contributed by atoms with van der Waals surface area (Å²) in [4.78, 5) is 39.5. The minimum atomic E-state index is -1.20. The molecule has 0 radical (unpaired) electrons. The highest BCUT2D eigenvalue weighted by Crippen LogP contribution is 2.46. The van der Waals surface area contributed by atoms with Crippen molar-refractivity contribution in [3.8, 4) is 0 Å². The van der Waals surface area contributed by atoms with Gasteiger partial charge in [0.05, 0.1) is 11.4 Å². The summed E-state index contributed by atoms with van der Waals surface area (Å²) in [6, 6.07) is 13.4. The minimum Gasteiger partial charge on any atom is -0.477 e. The van der Waals surface area contributed by atoms with Crippen molar-refractivity contribution in [1.29, 1.82) is 0 Å². The van der Waals surface area contributed by atoms with Crippen molar-refractivity contribution in [2.75, 3.05) is 5.75 Å². The van der Waals surface area contributed by atoms with E-state index in [1.54, 1.807) is 18.2 Å². The number of amides is 2. The summed E-state index contributed by atoms with van der Waals surface area (Å²) in [6.45, 7) is 0. The van der Waals surface area contributed by atoms with E-state index in [1.807, 2.05) is 30.3 Å². The number of carboxylic acids is 1. The number of hydrogen-bond acceptors (Lipinski definition) is 5. The van der Waals surface area contributed by atoms with E-state index >= 15 is 0 Å². The average molecular weight is 495 g/mol. The Hall–Kier alpha value is -2.13. The van der Waals surface area contributed by atoms with Crippen LogP contribution in [0.2, 0.25) is 10.0 Å². The quantitative estimate of drug-likeness (QED) is 0.589. The van der Waals surface area contributed by atoms with Gasteiger partial charge in [0.1, 0.15) is 17.1 Å². The molecule has 2 aliphatic rings. The molecule has 10 heteroatoms. The number of halogens is 2. The third-order valence-electron chi connectivity index (χ3n) is 4.79. The van der Waals surface area contributed by atoms with E-state index in [-0.39, 0.29) is 18.0 Å². The van der Waals surface area contributed by atoms with Crippen molar-refractivity contribution >= 4 is 64.5 Å². The largest absolute Gasteiger partial charge is 0.477 e. The van der Waals surface area contributed by atoms with Crippen LogP contribution in [0.3, 0.4) is 0 Å². The zero-order valence-corrected chi connectivity index (χ0v) is 19.0. The van der Waals surface area contributed by atoms with Crippen LogP contribution in [-0.4, -0.2) is 45.0 Å². The lowest BCUT2D eigenvalue weighted by Gasteiger charge is -2.49. The molecule has 0 aliphatic carbocycles. The lowest BCUT2D eigenvalue weighted by Crippen LogP contribution is -2.70. The number of rotatable bonds is 6. The molecule has 6 nitrogen and oxygen atoms in total. The van der Waals surface area contributed by atoms with Gasteiger partial charge < -0.3 is 10.4 Å². The van der Waals surface area contributed by atoms with Crippen molar-refractivity contribution in [2.45, 2.75) is 22.7 Å². The van der Waals surface area contributed by atoms with Gasteiger partial charge in [0.15, 0.2) is 0 Å². The molecule has 160 valence electrons. The Bertz CT molecular complexity index is 1090. The smallest absolute Gasteiger partial charge is 0.353 e. The second-order valence-corrected chi connectivity index (χ2v) is 9.96. The van der Waals surface area contributed by atoms with E-state index in [2.05, 4.69) is 5.32 Å². The number of fused-ring (bicyclic) bond motifs is 1. The molecule has 2 aliphatic heterocycles. The Balaban J connectivity index is 1.51. The third-order valence-corrected chi connectivity index (χ3v) is 8.07. The summed E-state index contributed by atoms with van der Waals surface area (Å²) in [6.07, 6.45) is 0.151. The first-order chi connectivity index (χ1) is 14.8. The molecule has 0 saturated carbocycles. The van der Waals surface area contributed by atoms with Gasteiger partial charge in [0.2, 0.25) is 5.91 Å². The van der Waals surface area contributed by atoms with Gasteiger partial charge in [-0.05, 0) is 23.8 Å². The highest BCUT2D eigenvalue weighted by Gasteiger charge is 2.54. The first-order valence-electron chi connectivity index (χ1n) is 9.22. The maximum Gasteiger partial charge on any atom is 0.353 e. The minimum absolute atomic E-state index is 0.0802. The van der Waals surface area contributed by atoms with Crippen LogP contribution in [-0.2, 0) is 20.8 Å². The third kappa shape index (κ3) is 4.57. The maximum atomic E-state index is 12.8. The zero-order valence-electron chi connectivity index (χ0n) is 15.9. The van der Waals surface area contributed by atoms with Gasteiger partial charge >= 0.3 is 5.97 Å². The molecule has 0 aromatic heterocycles. The van der Waals surface area contributed by atoms with E-state index in [4.69, 9.17) is 23.2 Å². The number of nitrogens with one attached hydrogen (secondary N) is 1. The monoisotopic (exact) mass is 494 g/mol. The Kier molecular flexibility index (Phi) is 6.52. The SMILES string of the molecule is O=C(Cc1ccccc1)N[C@@H]1C(=O)N2C(C(=O)O)=C(Sc3cc(Cl)ccc3Cl)CS[C@@H]12. The number of aliphatic carboxylic acids is 1. The molecule has 2 N–H and O–H groups in total. The number of β-lactam (4-membered cyclic amide) rings is 1. The van der Waals surface area contributed by atoms with Crippen molar-refractivity contribution < 1.29 is 19.5 Å². The van der Waals surface area contributed by atoms with Gasteiger partial charge in [-0.2, -0.15) is 0 Å². The normalized spacial score (nSPS) is 20.2. The first kappa shape index (κ1) is 22.1. The number of carbonyl (C=O) groups is 3. The molecule has 0 bridgehead atoms. The number of thioether (sulfide) groups is 2. The van der Waals surface area contributed by atoms with Crippen LogP contribution in [0.5, 0.6) is 0 Å². The second kappa shape index (κ2) is 9.16. The molecule has 2 aromatic carbocycles. The molecule has 1 saturated heterocycles. The molecule has 2 amide bonds. The van der Waals surface area contributed by atoms with Crippen LogP contribution in [0.25, 0.3) is 0 Å². The van der Waals surface area contributed by atoms with Crippen molar-refractivity contribution in [3.05, 3.63) is 74.7 Å². The fourth-order valence-corrected chi connectivity index (χ4v) is 6.37. The Morgan fingerprint density at radius 1 is 1.19 bits per heavy atom. The van der Waals surface area contributed by atoms with E-state index in [1.165, 1.54) is 28.4 Å². The molecule has 0 unspecified atom stereocenters. The number of carbonyl (C=O) groups excluding carboxylic acids is 2. The summed E-state index contributed by atoms with van der Waals surface area (Å²) < 4.78 is 0. The van der Waals surface area contributed by atoms with Crippen LogP contribution in [0.1, 0.15) is 5.56 Å². The first-order valence-corrected chi connectivity index (χ1v) is 11.8. The van der Waals surface area contributed by atoms with Gasteiger partial charge in [-0.3, -0.25) is 14.5 Å². The average Bonchev–Trinajstić information content (AvgIpc) is 2.74. The number of carboxylic acid groups (broad SMARTS) is 1. The van der Waals surface area contributed by atoms with Crippen molar-refractivity contribution in [2.24, 2.45) is 0 Å². The maximum absolute atomic E-state index is 12.8. The molecule has 2 heterocycles. The molecule has 2 aromatic rings. The van der Waals surface area contributed by atoms with E-state index in [0.29, 0.717) is 25.6 Å². The van der Waals surface area contributed by atoms with E-state index in [0.717, 1.165) is 5.56 Å². The Labute approximate surface area is 197 Å². The van der Waals surface area contributed by atoms with E-state index < -0.39 is 23.3 Å². The van der Waals surface area contributed by atoms with Gasteiger partial charge in [-0.15, -0.1) is 11.8 Å². The summed E-state index contributed by atoms with van der Waals surface area (Å²) >= 11 is 14.8. The Morgan fingerprint density at radius 3 is 2.65 bits per heavy atom. The fraction of sp³-hybridized carbons (Fsp3) is 0.190. The lowest BCUT2D eigenvalue weighted by molar-refractivity contribution is -0.150. The van der Waals surface area contributed by atoms with E-state index in [9.17, 15) is 19.5 Å². The van der Waals surface area contributed by atoms with Crippen molar-refractivity contribution in [1.82, 2.24) is 10.2 Å². The zero-order chi connectivity index (χ0) is 22.1. The molecule has 0 spiro atoms. The van der Waals surface area contributed by atoms with Crippen LogP contribution < -0.4 is 5.32 Å². The number of nitrogens with zero attached hydrogens (tertiary/aromatic N) is 1. The molecular weight excluding hydrogens is 479 g/mol. The topological polar surface area (TPSA) is 86.7 Å². The summed E-state index contributed by atoms with van der Waals surface area (Å²) in [5.74, 6) is -1.55. The molecular formula is C21H16Cl2N2O4S2. The predicted molar refractivity (Wildman–Crippen MR) is 122 cm³/mol. The van der Waals surface area contributed by atoms with Crippen LogP contribution in [0, 0.1) is 0 Å². The second-order valence-electron chi connectivity index (χ2n) is 6.87. The summed E-state index contributed by atoms with van der Waals surface area (Å²) in [5, 5.41) is 13.0. The summed E-state index contributed by atoms with van der Waals surface area (Å²) in [5.41, 5.74) is 0.756. The van der Waals surface area contributed by atoms with Crippen LogP contribution >= 0.6 is 46.7 Å². The standard InChI is InChI=1S/C21H16Cl2N2O4S2/c22-12-6-7-13(23)14(9-12)31-15-10-30-20-17(19(27)25(20)18(15)21(28)29)24-16(26)8-11-4-2-1-3-5-11/h1-7,9,17,20H,8,10H2,(H,24,26)(H,28,29)/t17-,20+/m1/s1. The molecule has 4 rings (SSSR count). The fourth-order valence-electron chi connectivity index (χ4n) is 3.36. The lowest BCUT2D eigenvalue weighted by atomic mass is 10.0. The number of hydrogen-bond donors (Lipinski definition) is 2. The van der Waals surface area contributed by atoms with Crippen LogP contribution in [0.15, 0.2) is 64.0 Å². The van der Waals surface area contributed by atoms with Gasteiger partial charge in [0, 0.05) is 20.6 Å². The molecule has 1 fully saturated rings. The van der Waals surface area contributed by atoms with Crippen LogP contribution in [0.4, 0.5) is 0 Å². The summed E-state index contributed by atoms with van der Waals surface area (Å²) in [7, 11) is 0. The highest BCUT2D eigenvalue weighted by molar-refractivity contribution is 8.06. The highest BCUT2D eigenvalue weighted by atomic mass is 35.5. The van der Waals surface area contributed by atoms with Crippen molar-refractivity contribution in [3.63, 3.8) is 0 Å². The number of benzene rings is 2. The molecule has 31 heavy (non-hydrogen) atoms. The molecule has 2 atom stereocenters. The predicted octanol–water partition coefficient (Wildman–Crippen LogP) is 4.02. The Morgan fingerprint density at radius 2 is 1.94 bits per heavy atom.